The van der Waals surface area contributed by atoms with Crippen LogP contribution in [0.5, 0.6) is 0 Å². The number of nitrogens with one attached hydrogen (secondary N) is 1. The zero-order chi connectivity index (χ0) is 25.5. The van der Waals surface area contributed by atoms with Crippen molar-refractivity contribution in [1.29, 1.82) is 5.26 Å². The molecule has 1 atom stereocenters. The van der Waals surface area contributed by atoms with Crippen LogP contribution in [0.15, 0.2) is 41.0 Å². The van der Waals surface area contributed by atoms with E-state index >= 15 is 4.39 Å². The molecule has 2 aromatic carbocycles. The van der Waals surface area contributed by atoms with Gasteiger partial charge in [0.25, 0.3) is 0 Å². The highest BCUT2D eigenvalue weighted by molar-refractivity contribution is 8.03. The summed E-state index contributed by atoms with van der Waals surface area (Å²) >= 11 is 0.572. The summed E-state index contributed by atoms with van der Waals surface area (Å²) in [4.78, 5) is 9.40. The van der Waals surface area contributed by atoms with Crippen molar-refractivity contribution in [3.8, 4) is 17.2 Å². The third-order valence-electron chi connectivity index (χ3n) is 5.79. The van der Waals surface area contributed by atoms with E-state index in [1.807, 2.05) is 0 Å². The van der Waals surface area contributed by atoms with Gasteiger partial charge in [0.2, 0.25) is 0 Å². The molecule has 6 nitrogen and oxygen atoms in total. The zero-order valence-corrected chi connectivity index (χ0v) is 19.2. The van der Waals surface area contributed by atoms with Gasteiger partial charge in [0, 0.05) is 36.1 Å². The topological polar surface area (TPSA) is 90.9 Å². The van der Waals surface area contributed by atoms with E-state index in [4.69, 9.17) is 5.73 Å². The minimum atomic E-state index is -5.00. The maximum atomic E-state index is 15.9. The number of hydrogen-bond acceptors (Lipinski definition) is 7. The quantitative estimate of drug-likeness (QED) is 0.380. The lowest BCUT2D eigenvalue weighted by Crippen LogP contribution is -2.34. The van der Waals surface area contributed by atoms with Crippen LogP contribution in [0, 0.1) is 23.0 Å². The Morgan fingerprint density at radius 3 is 2.66 bits per heavy atom. The summed E-state index contributed by atoms with van der Waals surface area (Å²) in [6.07, 6.45) is -3.19. The number of hydrogen-bond donors (Lipinski definition) is 2. The molecule has 4 rings (SSSR count). The van der Waals surface area contributed by atoms with E-state index in [-0.39, 0.29) is 32.7 Å². The lowest BCUT2D eigenvalue weighted by Gasteiger charge is -2.26. The van der Waals surface area contributed by atoms with Gasteiger partial charge >= 0.3 is 6.18 Å². The Labute approximate surface area is 201 Å². The molecule has 1 saturated heterocycles. The molecular weight excluding hydrogens is 487 g/mol. The average molecular weight is 507 g/mol. The summed E-state index contributed by atoms with van der Waals surface area (Å²) in [6, 6.07) is 4.22. The fraction of sp³-hybridized carbons (Fsp3) is 0.261. The monoisotopic (exact) mass is 506 g/mol. The van der Waals surface area contributed by atoms with Gasteiger partial charge in [-0.3, -0.25) is 0 Å². The van der Waals surface area contributed by atoms with Crippen LogP contribution in [0.25, 0.3) is 22.0 Å². The fourth-order valence-corrected chi connectivity index (χ4v) is 4.85. The molecule has 0 saturated carbocycles. The lowest BCUT2D eigenvalue weighted by molar-refractivity contribution is -0.137. The summed E-state index contributed by atoms with van der Waals surface area (Å²) in [5, 5.41) is 12.6. The zero-order valence-electron chi connectivity index (χ0n) is 18.4. The van der Waals surface area contributed by atoms with Gasteiger partial charge in [-0.1, -0.05) is 18.3 Å². The summed E-state index contributed by atoms with van der Waals surface area (Å²) in [6.45, 7) is 4.77. The summed E-state index contributed by atoms with van der Waals surface area (Å²) in [5.74, 6) is -2.04. The molecule has 1 unspecified atom stereocenters. The summed E-state index contributed by atoms with van der Waals surface area (Å²) in [5.41, 5.74) is 2.01. The molecule has 0 spiro atoms. The number of aromatic nitrogens is 2. The number of alkyl halides is 3. The molecule has 1 aliphatic heterocycles. The Bertz CT molecular complexity index is 1360. The van der Waals surface area contributed by atoms with Gasteiger partial charge in [-0.15, -0.1) is 0 Å². The Balaban J connectivity index is 2.04. The van der Waals surface area contributed by atoms with Gasteiger partial charge in [0.1, 0.15) is 29.5 Å². The number of thioether (sulfide) groups is 1. The van der Waals surface area contributed by atoms with Crippen LogP contribution in [0.3, 0.4) is 0 Å². The Kier molecular flexibility index (Phi) is 6.57. The molecule has 0 radical (unpaired) electrons. The van der Waals surface area contributed by atoms with E-state index in [9.17, 15) is 22.8 Å². The van der Waals surface area contributed by atoms with Crippen LogP contribution in [-0.4, -0.2) is 36.1 Å². The number of fused-ring (bicyclic) bond motifs is 1. The Morgan fingerprint density at radius 2 is 2.06 bits per heavy atom. The third kappa shape index (κ3) is 4.49. The van der Waals surface area contributed by atoms with Crippen molar-refractivity contribution in [3.63, 3.8) is 0 Å². The second-order valence-electron chi connectivity index (χ2n) is 7.94. The summed E-state index contributed by atoms with van der Waals surface area (Å²) < 4.78 is 73.2. The highest BCUT2D eigenvalue weighted by atomic mass is 32.2. The maximum Gasteiger partial charge on any atom is 0.417 e. The molecule has 1 aliphatic rings. The number of anilines is 1. The first-order chi connectivity index (χ1) is 16.5. The molecule has 1 aromatic heterocycles. The normalized spacial score (nSPS) is 15.9. The van der Waals surface area contributed by atoms with Gasteiger partial charge in [0.05, 0.1) is 21.1 Å². The van der Waals surface area contributed by atoms with Crippen molar-refractivity contribution in [2.75, 3.05) is 25.0 Å². The number of rotatable bonds is 5. The van der Waals surface area contributed by atoms with Crippen molar-refractivity contribution < 1.29 is 22.0 Å². The van der Waals surface area contributed by atoms with Gasteiger partial charge in [-0.2, -0.15) is 18.4 Å². The van der Waals surface area contributed by atoms with E-state index in [1.165, 1.54) is 0 Å². The molecule has 3 aromatic rings. The second kappa shape index (κ2) is 9.31. The van der Waals surface area contributed by atoms with Crippen molar-refractivity contribution in [2.45, 2.75) is 23.5 Å². The van der Waals surface area contributed by atoms with E-state index < -0.39 is 40.1 Å². The first-order valence-corrected chi connectivity index (χ1v) is 11.2. The second-order valence-corrected chi connectivity index (χ2v) is 9.08. The highest BCUT2D eigenvalue weighted by Gasteiger charge is 2.38. The van der Waals surface area contributed by atoms with Crippen molar-refractivity contribution >= 4 is 28.5 Å². The standard InChI is InChI=1S/C23H19F5N6S/c1-11(30)35-21-15(8-29)13(3-4-17(21)24)18-16(23(26,27)28)7-14-20(19(18)25)32-10-33-22(14)34(2)12-5-6-31-9-12/h3-4,7,10,12,31H,1,5-6,9,30H2,2H3. The molecular formula is C23H19F5N6S. The molecule has 1 fully saturated rings. The summed E-state index contributed by atoms with van der Waals surface area (Å²) in [7, 11) is 1.68. The van der Waals surface area contributed by atoms with Crippen molar-refractivity contribution in [2.24, 2.45) is 5.73 Å². The largest absolute Gasteiger partial charge is 0.417 e. The fourth-order valence-electron chi connectivity index (χ4n) is 4.17. The highest BCUT2D eigenvalue weighted by Crippen LogP contribution is 2.45. The van der Waals surface area contributed by atoms with E-state index in [0.717, 1.165) is 37.5 Å². The van der Waals surface area contributed by atoms with Crippen LogP contribution >= 0.6 is 11.8 Å². The molecule has 3 N–H and O–H groups in total. The van der Waals surface area contributed by atoms with Gasteiger partial charge in [-0.25, -0.2) is 18.7 Å². The number of nitrogens with zero attached hydrogens (tertiary/aromatic N) is 4. The lowest BCUT2D eigenvalue weighted by atomic mass is 9.92. The van der Waals surface area contributed by atoms with Crippen molar-refractivity contribution in [3.05, 3.63) is 58.9 Å². The minimum absolute atomic E-state index is 0.0450. The van der Waals surface area contributed by atoms with Crippen LogP contribution in [0.1, 0.15) is 17.5 Å². The predicted octanol–water partition coefficient (Wildman–Crippen LogP) is 4.79. The van der Waals surface area contributed by atoms with Crippen LogP contribution in [0.4, 0.5) is 27.8 Å². The number of likely N-dealkylation sites (N-methyl/N-ethyl adjacent to an activating group) is 1. The molecule has 0 bridgehead atoms. The minimum Gasteiger partial charge on any atom is -0.394 e. The predicted molar refractivity (Wildman–Crippen MR) is 123 cm³/mol. The smallest absolute Gasteiger partial charge is 0.394 e. The number of benzene rings is 2. The van der Waals surface area contributed by atoms with Crippen LogP contribution < -0.4 is 16.0 Å². The van der Waals surface area contributed by atoms with Crippen molar-refractivity contribution in [1.82, 2.24) is 15.3 Å². The van der Waals surface area contributed by atoms with E-state index in [2.05, 4.69) is 21.9 Å². The van der Waals surface area contributed by atoms with Crippen LogP contribution in [-0.2, 0) is 6.18 Å². The maximum absolute atomic E-state index is 15.9. The SMILES string of the molecule is C=C(N)Sc1c(F)ccc(-c2c(C(F)(F)F)cc3c(N(C)C4CCNC4)ncnc3c2F)c1C#N. The first kappa shape index (κ1) is 24.7. The van der Waals surface area contributed by atoms with Gasteiger partial charge < -0.3 is 16.0 Å². The molecule has 182 valence electrons. The number of halogens is 5. The Hall–Kier alpha value is -3.43. The first-order valence-electron chi connectivity index (χ1n) is 10.4. The molecule has 2 heterocycles. The molecule has 12 heteroatoms. The van der Waals surface area contributed by atoms with Gasteiger partial charge in [-0.05, 0) is 31.2 Å². The van der Waals surface area contributed by atoms with E-state index in [1.54, 1.807) is 18.0 Å². The van der Waals surface area contributed by atoms with Gasteiger partial charge in [0.15, 0.2) is 5.82 Å². The molecule has 0 amide bonds. The molecule has 35 heavy (non-hydrogen) atoms. The molecule has 0 aliphatic carbocycles. The number of nitrogens with two attached hydrogens (primary N) is 1. The third-order valence-corrected chi connectivity index (χ3v) is 6.66. The van der Waals surface area contributed by atoms with Crippen LogP contribution in [0.2, 0.25) is 0 Å². The number of nitriles is 1. The van der Waals surface area contributed by atoms with E-state index in [0.29, 0.717) is 18.3 Å². The average Bonchev–Trinajstić information content (AvgIpc) is 3.34. The Morgan fingerprint density at radius 1 is 1.31 bits per heavy atom.